The molecular weight excluding hydrogens is 554 g/mol. The van der Waals surface area contributed by atoms with Crippen LogP contribution in [0, 0.1) is 0 Å². The molecule has 0 spiro atoms. The van der Waals surface area contributed by atoms with Crippen LogP contribution in [0.1, 0.15) is 34.8 Å². The molecule has 5 aromatic rings. The van der Waals surface area contributed by atoms with Crippen LogP contribution in [0.5, 0.6) is 23.0 Å². The van der Waals surface area contributed by atoms with Crippen molar-refractivity contribution in [2.24, 2.45) is 9.98 Å². The van der Waals surface area contributed by atoms with E-state index in [2.05, 4.69) is 15.0 Å². The summed E-state index contributed by atoms with van der Waals surface area (Å²) in [5.41, 5.74) is 1.91. The van der Waals surface area contributed by atoms with Gasteiger partial charge in [0.05, 0.1) is 20.4 Å². The van der Waals surface area contributed by atoms with E-state index in [0.717, 1.165) is 20.4 Å². The summed E-state index contributed by atoms with van der Waals surface area (Å²) < 4.78 is 27.7. The lowest BCUT2D eigenvalue weighted by Gasteiger charge is -2.02. The number of benzene rings is 2. The van der Waals surface area contributed by atoms with Crippen molar-refractivity contribution in [2.75, 3.05) is 13.6 Å². The summed E-state index contributed by atoms with van der Waals surface area (Å²) in [4.78, 5) is 40.3. The van der Waals surface area contributed by atoms with Crippen LogP contribution in [0.4, 0.5) is 0 Å². The maximum absolute atomic E-state index is 13.2. The molecule has 0 saturated heterocycles. The Labute approximate surface area is 234 Å². The van der Waals surface area contributed by atoms with Crippen LogP contribution in [0.15, 0.2) is 52.4 Å². The van der Waals surface area contributed by atoms with Gasteiger partial charge in [-0.1, -0.05) is 28.7 Å². The number of fused-ring (bicyclic) bond motifs is 4. The van der Waals surface area contributed by atoms with Crippen LogP contribution in [0.3, 0.4) is 0 Å². The van der Waals surface area contributed by atoms with E-state index in [-0.39, 0.29) is 25.0 Å². The van der Waals surface area contributed by atoms with Crippen LogP contribution in [-0.2, 0) is 13.1 Å². The standard InChI is InChI=1S/C27H21N5O6S2/c1-3-31-16-8-18-20(37-12-35-18)10-22(16)39-26(31)29-24(33)14-6-5-7-15(28-14)25(34)30-27-32(4-2)17-9-19-21(38-13-36-19)11-23(17)40-27/h5-11H,3-4,12-13H2,1-2H3. The van der Waals surface area contributed by atoms with E-state index in [0.29, 0.717) is 45.7 Å². The van der Waals surface area contributed by atoms with Crippen molar-refractivity contribution in [1.82, 2.24) is 14.1 Å². The first-order chi connectivity index (χ1) is 19.5. The Morgan fingerprint density at radius 1 is 0.750 bits per heavy atom. The number of carbonyl (C=O) groups excluding carboxylic acids is 2. The molecule has 2 aliphatic heterocycles. The zero-order valence-corrected chi connectivity index (χ0v) is 23.0. The van der Waals surface area contributed by atoms with Gasteiger partial charge in [0.15, 0.2) is 32.6 Å². The SMILES string of the molecule is CCn1c(=NC(=O)c2cccc(C(=O)N=c3sc4cc5c(cc4n3CC)OCO5)n2)sc2cc3c(cc21)OCO3. The number of ether oxygens (including phenoxy) is 4. The molecule has 0 fully saturated rings. The number of hydrogen-bond donors (Lipinski definition) is 0. The predicted octanol–water partition coefficient (Wildman–Crippen LogP) is 4.09. The highest BCUT2D eigenvalue weighted by molar-refractivity contribution is 7.16. The van der Waals surface area contributed by atoms with Crippen molar-refractivity contribution in [3.05, 3.63) is 63.5 Å². The van der Waals surface area contributed by atoms with Crippen molar-refractivity contribution >= 4 is 54.9 Å². The molecule has 0 saturated carbocycles. The number of carbonyl (C=O) groups is 2. The average Bonchev–Trinajstić information content (AvgIpc) is 3.74. The average molecular weight is 576 g/mol. The molecule has 0 unspecified atom stereocenters. The third-order valence-corrected chi connectivity index (χ3v) is 8.65. The number of rotatable bonds is 4. The third-order valence-electron chi connectivity index (χ3n) is 6.57. The zero-order chi connectivity index (χ0) is 27.4. The fourth-order valence-electron chi connectivity index (χ4n) is 4.66. The molecule has 7 rings (SSSR count). The quantitative estimate of drug-likeness (QED) is 0.317. The number of aromatic nitrogens is 3. The third kappa shape index (κ3) is 4.05. The molecule has 5 heterocycles. The number of hydrogen-bond acceptors (Lipinski definition) is 9. The molecule has 0 radical (unpaired) electrons. The molecule has 0 aliphatic carbocycles. The second-order valence-corrected chi connectivity index (χ2v) is 10.9. The Hall–Kier alpha value is -4.49. The lowest BCUT2D eigenvalue weighted by Crippen LogP contribution is -2.18. The molecule has 0 atom stereocenters. The van der Waals surface area contributed by atoms with Crippen LogP contribution < -0.4 is 28.6 Å². The summed E-state index contributed by atoms with van der Waals surface area (Å²) in [7, 11) is 0. The minimum absolute atomic E-state index is 0.0563. The summed E-state index contributed by atoms with van der Waals surface area (Å²) >= 11 is 2.74. The van der Waals surface area contributed by atoms with Gasteiger partial charge in [-0.25, -0.2) is 4.98 Å². The van der Waals surface area contributed by atoms with Crippen molar-refractivity contribution in [2.45, 2.75) is 26.9 Å². The van der Waals surface area contributed by atoms with Gasteiger partial charge in [0.1, 0.15) is 11.4 Å². The second-order valence-electron chi connectivity index (χ2n) is 8.85. The molecule has 11 nitrogen and oxygen atoms in total. The fourth-order valence-corrected chi connectivity index (χ4v) is 6.87. The smallest absolute Gasteiger partial charge is 0.298 e. The van der Waals surface area contributed by atoms with Crippen molar-refractivity contribution < 1.29 is 28.5 Å². The van der Waals surface area contributed by atoms with E-state index in [1.165, 1.54) is 34.8 Å². The lowest BCUT2D eigenvalue weighted by atomic mass is 10.3. The van der Waals surface area contributed by atoms with Crippen LogP contribution >= 0.6 is 22.7 Å². The maximum atomic E-state index is 13.2. The van der Waals surface area contributed by atoms with Gasteiger partial charge in [-0.2, -0.15) is 9.98 Å². The van der Waals surface area contributed by atoms with E-state index in [4.69, 9.17) is 18.9 Å². The van der Waals surface area contributed by atoms with Gasteiger partial charge in [0.25, 0.3) is 11.8 Å². The fraction of sp³-hybridized carbons (Fsp3) is 0.222. The summed E-state index contributed by atoms with van der Waals surface area (Å²) in [6.07, 6.45) is 0. The summed E-state index contributed by atoms with van der Waals surface area (Å²) in [5.74, 6) is 1.55. The van der Waals surface area contributed by atoms with Crippen LogP contribution in [0.25, 0.3) is 20.4 Å². The predicted molar refractivity (Wildman–Crippen MR) is 147 cm³/mol. The molecule has 2 amide bonds. The van der Waals surface area contributed by atoms with Crippen molar-refractivity contribution in [1.29, 1.82) is 0 Å². The molecular formula is C27H21N5O6S2. The minimum atomic E-state index is -0.552. The summed E-state index contributed by atoms with van der Waals surface area (Å²) in [5, 5.41) is 0. The van der Waals surface area contributed by atoms with E-state index in [1.54, 1.807) is 6.07 Å². The monoisotopic (exact) mass is 575 g/mol. The Kier molecular flexibility index (Phi) is 5.90. The van der Waals surface area contributed by atoms with Crippen LogP contribution in [-0.4, -0.2) is 39.5 Å². The minimum Gasteiger partial charge on any atom is -0.454 e. The van der Waals surface area contributed by atoms with E-state index in [1.807, 2.05) is 47.2 Å². The van der Waals surface area contributed by atoms with Gasteiger partial charge < -0.3 is 28.1 Å². The van der Waals surface area contributed by atoms with E-state index >= 15 is 0 Å². The summed E-state index contributed by atoms with van der Waals surface area (Å²) in [6.45, 7) is 5.53. The number of aryl methyl sites for hydroxylation is 2. The van der Waals surface area contributed by atoms with E-state index < -0.39 is 11.8 Å². The molecule has 202 valence electrons. The Bertz CT molecular complexity index is 1860. The Morgan fingerprint density at radius 3 is 1.60 bits per heavy atom. The van der Waals surface area contributed by atoms with Gasteiger partial charge in [-0.15, -0.1) is 0 Å². The normalized spacial score (nSPS) is 14.6. The second kappa shape index (κ2) is 9.61. The molecule has 3 aromatic heterocycles. The van der Waals surface area contributed by atoms with Gasteiger partial charge in [0, 0.05) is 37.4 Å². The first-order valence-corrected chi connectivity index (χ1v) is 14.2. The zero-order valence-electron chi connectivity index (χ0n) is 21.4. The Morgan fingerprint density at radius 2 is 1.18 bits per heavy atom. The van der Waals surface area contributed by atoms with Gasteiger partial charge >= 0.3 is 0 Å². The molecule has 0 N–H and O–H groups in total. The lowest BCUT2D eigenvalue weighted by molar-refractivity contribution is 0.0989. The number of thiazole rings is 2. The molecule has 13 heteroatoms. The highest BCUT2D eigenvalue weighted by atomic mass is 32.1. The summed E-state index contributed by atoms with van der Waals surface area (Å²) in [6, 6.07) is 12.2. The molecule has 0 bridgehead atoms. The largest absolute Gasteiger partial charge is 0.454 e. The van der Waals surface area contributed by atoms with Gasteiger partial charge in [0.2, 0.25) is 13.6 Å². The van der Waals surface area contributed by atoms with Gasteiger partial charge in [-0.05, 0) is 26.0 Å². The first-order valence-electron chi connectivity index (χ1n) is 12.5. The number of pyridine rings is 1. The Balaban J connectivity index is 1.23. The molecule has 40 heavy (non-hydrogen) atoms. The first kappa shape index (κ1) is 24.5. The highest BCUT2D eigenvalue weighted by Gasteiger charge is 2.20. The van der Waals surface area contributed by atoms with Crippen molar-refractivity contribution in [3.63, 3.8) is 0 Å². The van der Waals surface area contributed by atoms with Crippen LogP contribution in [0.2, 0.25) is 0 Å². The topological polar surface area (TPSA) is 119 Å². The van der Waals surface area contributed by atoms with Crippen molar-refractivity contribution in [3.8, 4) is 23.0 Å². The van der Waals surface area contributed by atoms with Gasteiger partial charge in [-0.3, -0.25) is 9.59 Å². The van der Waals surface area contributed by atoms with E-state index in [9.17, 15) is 9.59 Å². The maximum Gasteiger partial charge on any atom is 0.298 e. The molecule has 2 aliphatic rings. The number of amides is 2. The highest BCUT2D eigenvalue weighted by Crippen LogP contribution is 2.38. The molecule has 2 aromatic carbocycles. The number of nitrogens with zero attached hydrogens (tertiary/aromatic N) is 5.